The number of ether oxygens (including phenoxy) is 1. The summed E-state index contributed by atoms with van der Waals surface area (Å²) in [5.74, 6) is 0.312. The molecule has 1 atom stereocenters. The van der Waals surface area contributed by atoms with Crippen LogP contribution >= 0.6 is 0 Å². The lowest BCUT2D eigenvalue weighted by Crippen LogP contribution is -2.31. The van der Waals surface area contributed by atoms with Gasteiger partial charge in [-0.25, -0.2) is 0 Å². The molecule has 0 amide bonds. The molecule has 0 saturated carbocycles. The molecule has 1 rings (SSSR count). The molecule has 0 aliphatic rings. The second-order valence-corrected chi connectivity index (χ2v) is 4.08. The van der Waals surface area contributed by atoms with Crippen LogP contribution in [0.4, 0.5) is 0 Å². The molecule has 1 aromatic heterocycles. The Morgan fingerprint density at radius 3 is 2.69 bits per heavy atom. The number of ketones is 1. The molecule has 3 nitrogen and oxygen atoms in total. The molecule has 0 aliphatic carbocycles. The summed E-state index contributed by atoms with van der Waals surface area (Å²) in [6, 6.07) is 5.60. The third-order valence-corrected chi connectivity index (χ3v) is 2.35. The lowest BCUT2D eigenvalue weighted by Gasteiger charge is -2.19. The molecule has 0 N–H and O–H groups in total. The molecule has 0 bridgehead atoms. The fourth-order valence-electron chi connectivity index (χ4n) is 1.62. The Labute approximate surface area is 96.8 Å². The fraction of sp³-hybridized carbons (Fsp3) is 0.538. The van der Waals surface area contributed by atoms with Crippen LogP contribution in [0.25, 0.3) is 0 Å². The summed E-state index contributed by atoms with van der Waals surface area (Å²) in [7, 11) is 0. The first-order chi connectivity index (χ1) is 7.65. The fourth-order valence-corrected chi connectivity index (χ4v) is 1.62. The molecule has 1 aromatic rings. The minimum atomic E-state index is -0.313. The van der Waals surface area contributed by atoms with E-state index >= 15 is 0 Å². The molecule has 16 heavy (non-hydrogen) atoms. The first kappa shape index (κ1) is 12.8. The minimum absolute atomic E-state index is 0.107. The Kier molecular flexibility index (Phi) is 5.12. The van der Waals surface area contributed by atoms with Crippen LogP contribution in [0.3, 0.4) is 0 Å². The Morgan fingerprint density at radius 1 is 1.44 bits per heavy atom. The van der Waals surface area contributed by atoms with Gasteiger partial charge < -0.3 is 4.74 Å². The van der Waals surface area contributed by atoms with E-state index in [1.54, 1.807) is 6.20 Å². The molecule has 1 unspecified atom stereocenters. The molecule has 3 heteroatoms. The number of nitrogens with zero attached hydrogens (tertiary/aromatic N) is 1. The van der Waals surface area contributed by atoms with Crippen LogP contribution in [-0.2, 0) is 16.0 Å². The summed E-state index contributed by atoms with van der Waals surface area (Å²) < 4.78 is 5.46. The summed E-state index contributed by atoms with van der Waals surface area (Å²) >= 11 is 0. The zero-order chi connectivity index (χ0) is 12.0. The topological polar surface area (TPSA) is 39.2 Å². The van der Waals surface area contributed by atoms with Gasteiger partial charge >= 0.3 is 0 Å². The monoisotopic (exact) mass is 221 g/mol. The molecule has 0 saturated heterocycles. The third-order valence-electron chi connectivity index (χ3n) is 2.35. The van der Waals surface area contributed by atoms with Crippen LogP contribution in [0.5, 0.6) is 0 Å². The van der Waals surface area contributed by atoms with Crippen LogP contribution in [0.15, 0.2) is 24.4 Å². The van der Waals surface area contributed by atoms with Crippen molar-refractivity contribution in [3.05, 3.63) is 30.1 Å². The normalized spacial score (nSPS) is 12.8. The second-order valence-electron chi connectivity index (χ2n) is 4.08. The summed E-state index contributed by atoms with van der Waals surface area (Å²) in [4.78, 5) is 16.1. The largest absolute Gasteiger partial charge is 0.370 e. The third kappa shape index (κ3) is 3.74. The summed E-state index contributed by atoms with van der Waals surface area (Å²) in [6.45, 7) is 6.47. The lowest BCUT2D eigenvalue weighted by atomic mass is 9.99. The molecule has 0 radical (unpaired) electrons. The zero-order valence-electron chi connectivity index (χ0n) is 10.1. The van der Waals surface area contributed by atoms with Gasteiger partial charge in [-0.05, 0) is 25.0 Å². The highest BCUT2D eigenvalue weighted by molar-refractivity contribution is 5.85. The van der Waals surface area contributed by atoms with E-state index in [9.17, 15) is 4.79 Å². The van der Waals surface area contributed by atoms with Gasteiger partial charge in [0.1, 0.15) is 6.10 Å². The Balaban J connectivity index is 2.62. The smallest absolute Gasteiger partial charge is 0.167 e. The quantitative estimate of drug-likeness (QED) is 0.739. The highest BCUT2D eigenvalue weighted by Gasteiger charge is 2.22. The highest BCUT2D eigenvalue weighted by atomic mass is 16.5. The number of carbonyl (C=O) groups excluding carboxylic acids is 1. The zero-order valence-corrected chi connectivity index (χ0v) is 10.1. The van der Waals surface area contributed by atoms with Crippen molar-refractivity contribution in [3.8, 4) is 0 Å². The van der Waals surface area contributed by atoms with Crippen molar-refractivity contribution in [2.75, 3.05) is 6.61 Å². The van der Waals surface area contributed by atoms with E-state index in [0.29, 0.717) is 13.0 Å². The van der Waals surface area contributed by atoms with Gasteiger partial charge in [-0.1, -0.05) is 19.9 Å². The standard InChI is InChI=1S/C13H19NO2/c1-4-16-13(10(2)3)12(15)9-11-7-5-6-8-14-11/h5-8,10,13H,4,9H2,1-3H3. The van der Waals surface area contributed by atoms with Gasteiger partial charge in [0.25, 0.3) is 0 Å². The predicted octanol–water partition coefficient (Wildman–Crippen LogP) is 2.25. The van der Waals surface area contributed by atoms with Crippen LogP contribution in [0.2, 0.25) is 0 Å². The van der Waals surface area contributed by atoms with Crippen molar-refractivity contribution in [1.82, 2.24) is 4.98 Å². The van der Waals surface area contributed by atoms with Gasteiger partial charge in [0.15, 0.2) is 5.78 Å². The Morgan fingerprint density at radius 2 is 2.19 bits per heavy atom. The van der Waals surface area contributed by atoms with Crippen LogP contribution < -0.4 is 0 Å². The Hall–Kier alpha value is -1.22. The molecule has 0 aliphatic heterocycles. The van der Waals surface area contributed by atoms with Crippen molar-refractivity contribution in [3.63, 3.8) is 0 Å². The Bertz CT molecular complexity index is 322. The van der Waals surface area contributed by atoms with Crippen molar-refractivity contribution < 1.29 is 9.53 Å². The van der Waals surface area contributed by atoms with E-state index in [4.69, 9.17) is 4.74 Å². The molecular weight excluding hydrogens is 202 g/mol. The van der Waals surface area contributed by atoms with Crippen molar-refractivity contribution in [2.45, 2.75) is 33.3 Å². The van der Waals surface area contributed by atoms with Gasteiger partial charge in [0, 0.05) is 18.5 Å². The summed E-state index contributed by atoms with van der Waals surface area (Å²) in [5, 5.41) is 0. The number of hydrogen-bond acceptors (Lipinski definition) is 3. The molecule has 0 fully saturated rings. The average Bonchev–Trinajstić information content (AvgIpc) is 2.26. The van der Waals surface area contributed by atoms with Crippen molar-refractivity contribution in [1.29, 1.82) is 0 Å². The van der Waals surface area contributed by atoms with Crippen molar-refractivity contribution in [2.24, 2.45) is 5.92 Å². The summed E-state index contributed by atoms with van der Waals surface area (Å²) in [5.41, 5.74) is 0.804. The lowest BCUT2D eigenvalue weighted by molar-refractivity contribution is -0.132. The molecule has 88 valence electrons. The van der Waals surface area contributed by atoms with Gasteiger partial charge in [-0.3, -0.25) is 9.78 Å². The maximum Gasteiger partial charge on any atom is 0.167 e. The van der Waals surface area contributed by atoms with Gasteiger partial charge in [0.05, 0.1) is 6.42 Å². The van der Waals surface area contributed by atoms with E-state index in [1.807, 2.05) is 39.0 Å². The van der Waals surface area contributed by atoms with Gasteiger partial charge in [-0.2, -0.15) is 0 Å². The van der Waals surface area contributed by atoms with E-state index in [0.717, 1.165) is 5.69 Å². The number of aromatic nitrogens is 1. The SMILES string of the molecule is CCOC(C(=O)Cc1ccccn1)C(C)C. The van der Waals surface area contributed by atoms with E-state index in [1.165, 1.54) is 0 Å². The summed E-state index contributed by atoms with van der Waals surface area (Å²) in [6.07, 6.45) is 1.74. The minimum Gasteiger partial charge on any atom is -0.370 e. The number of rotatable bonds is 6. The van der Waals surface area contributed by atoms with Crippen molar-refractivity contribution >= 4 is 5.78 Å². The number of carbonyl (C=O) groups is 1. The molecular formula is C13H19NO2. The predicted molar refractivity (Wildman–Crippen MR) is 63.2 cm³/mol. The highest BCUT2D eigenvalue weighted by Crippen LogP contribution is 2.10. The van der Waals surface area contributed by atoms with Crippen LogP contribution in [0.1, 0.15) is 26.5 Å². The maximum absolute atomic E-state index is 12.0. The number of pyridine rings is 1. The van der Waals surface area contributed by atoms with Gasteiger partial charge in [0.2, 0.25) is 0 Å². The maximum atomic E-state index is 12.0. The number of Topliss-reactive ketones (excluding diaryl/α,β-unsaturated/α-hetero) is 1. The number of hydrogen-bond donors (Lipinski definition) is 0. The van der Waals surface area contributed by atoms with E-state index in [-0.39, 0.29) is 17.8 Å². The molecule has 0 spiro atoms. The molecule has 1 heterocycles. The van der Waals surface area contributed by atoms with Crippen LogP contribution in [-0.4, -0.2) is 23.5 Å². The first-order valence-electron chi connectivity index (χ1n) is 5.69. The van der Waals surface area contributed by atoms with Crippen LogP contribution in [0, 0.1) is 5.92 Å². The van der Waals surface area contributed by atoms with Gasteiger partial charge in [-0.15, -0.1) is 0 Å². The first-order valence-corrected chi connectivity index (χ1v) is 5.69. The molecule has 0 aromatic carbocycles. The van der Waals surface area contributed by atoms with E-state index in [2.05, 4.69) is 4.98 Å². The van der Waals surface area contributed by atoms with E-state index < -0.39 is 0 Å². The second kappa shape index (κ2) is 6.38. The average molecular weight is 221 g/mol.